The van der Waals surface area contributed by atoms with E-state index in [4.69, 9.17) is 0 Å². The minimum atomic E-state index is 0.996. The van der Waals surface area contributed by atoms with Gasteiger partial charge in [-0.1, -0.05) is 166 Å². The minimum Gasteiger partial charge on any atom is -0.310 e. The third-order valence-electron chi connectivity index (χ3n) is 10.6. The van der Waals surface area contributed by atoms with Crippen LogP contribution in [0.2, 0.25) is 0 Å². The second-order valence-electron chi connectivity index (χ2n) is 14.1. The van der Waals surface area contributed by atoms with Gasteiger partial charge in [0.25, 0.3) is 0 Å². The molecule has 0 aliphatic carbocycles. The quantitative estimate of drug-likeness (QED) is 0.119. The largest absolute Gasteiger partial charge is 0.310 e. The summed E-state index contributed by atoms with van der Waals surface area (Å²) < 4.78 is 1.32. The van der Waals surface area contributed by atoms with Crippen LogP contribution < -0.4 is 4.90 Å². The average molecular weight is 742 g/mol. The van der Waals surface area contributed by atoms with Gasteiger partial charge in [0.1, 0.15) is 0 Å². The van der Waals surface area contributed by atoms with E-state index in [2.05, 4.69) is 221 Å². The van der Waals surface area contributed by atoms with Crippen LogP contribution in [0.15, 0.2) is 182 Å². The zero-order valence-corrected chi connectivity index (χ0v) is 33.5. The Labute approximate surface area is 336 Å². The lowest BCUT2D eigenvalue weighted by Crippen LogP contribution is -2.12. The second kappa shape index (κ2) is 16.7. The third kappa shape index (κ3) is 7.29. The summed E-state index contributed by atoms with van der Waals surface area (Å²) in [6, 6.07) is 58.0. The average Bonchev–Trinajstić information content (AvgIpc) is 3.61. The fourth-order valence-electron chi connectivity index (χ4n) is 7.83. The van der Waals surface area contributed by atoms with Crippen LogP contribution in [0.4, 0.5) is 17.1 Å². The van der Waals surface area contributed by atoms with Crippen LogP contribution >= 0.6 is 11.3 Å². The van der Waals surface area contributed by atoms with Crippen LogP contribution in [0.1, 0.15) is 50.1 Å². The van der Waals surface area contributed by atoms with Crippen LogP contribution in [0.25, 0.3) is 65.9 Å². The van der Waals surface area contributed by atoms with Crippen molar-refractivity contribution in [3.05, 3.63) is 198 Å². The third-order valence-corrected chi connectivity index (χ3v) is 11.9. The van der Waals surface area contributed by atoms with Crippen LogP contribution in [0.3, 0.4) is 0 Å². The number of aryl methyl sites for hydroxylation is 1. The highest BCUT2D eigenvalue weighted by molar-refractivity contribution is 7.19. The molecular weight excluding hydrogens is 695 g/mol. The van der Waals surface area contributed by atoms with Crippen LogP contribution in [-0.2, 0) is 6.42 Å². The molecule has 1 nitrogen and oxygen atoms in total. The molecular formula is C54H47NS. The van der Waals surface area contributed by atoms with E-state index < -0.39 is 0 Å². The molecule has 7 aromatic carbocycles. The predicted molar refractivity (Wildman–Crippen MR) is 247 cm³/mol. The Bertz CT molecular complexity index is 2710. The molecule has 2 heteroatoms. The molecule has 0 unspecified atom stereocenters. The predicted octanol–water partition coefficient (Wildman–Crippen LogP) is 16.5. The van der Waals surface area contributed by atoms with E-state index in [0.717, 1.165) is 29.9 Å². The molecule has 0 saturated heterocycles. The second-order valence-corrected chi connectivity index (χ2v) is 15.3. The zero-order chi connectivity index (χ0) is 38.4. The molecule has 274 valence electrons. The Kier molecular flexibility index (Phi) is 10.9. The Morgan fingerprint density at radius 2 is 1.27 bits per heavy atom. The van der Waals surface area contributed by atoms with Crippen molar-refractivity contribution in [1.29, 1.82) is 0 Å². The molecule has 0 amide bonds. The molecule has 0 aliphatic heterocycles. The van der Waals surface area contributed by atoms with Crippen molar-refractivity contribution in [1.82, 2.24) is 0 Å². The number of rotatable bonds is 11. The molecule has 0 aliphatic rings. The van der Waals surface area contributed by atoms with Gasteiger partial charge in [-0.05, 0) is 124 Å². The minimum absolute atomic E-state index is 0.996. The van der Waals surface area contributed by atoms with Crippen molar-refractivity contribution in [2.24, 2.45) is 0 Å². The van der Waals surface area contributed by atoms with Crippen molar-refractivity contribution in [3.63, 3.8) is 0 Å². The van der Waals surface area contributed by atoms with Crippen molar-refractivity contribution in [2.45, 2.75) is 40.5 Å². The van der Waals surface area contributed by atoms with Gasteiger partial charge in [-0.15, -0.1) is 11.3 Å². The van der Waals surface area contributed by atoms with Crippen molar-refractivity contribution in [3.8, 4) is 33.4 Å². The van der Waals surface area contributed by atoms with Crippen LogP contribution in [0.5, 0.6) is 0 Å². The van der Waals surface area contributed by atoms with Gasteiger partial charge in [0, 0.05) is 26.5 Å². The van der Waals surface area contributed by atoms with Gasteiger partial charge in [0.05, 0.1) is 5.69 Å². The van der Waals surface area contributed by atoms with Crippen molar-refractivity contribution >= 4 is 60.9 Å². The van der Waals surface area contributed by atoms with Gasteiger partial charge in [-0.3, -0.25) is 0 Å². The number of nitrogens with zero attached hydrogens (tertiary/aromatic N) is 1. The van der Waals surface area contributed by atoms with Crippen molar-refractivity contribution in [2.75, 3.05) is 4.90 Å². The van der Waals surface area contributed by atoms with Crippen molar-refractivity contribution < 1.29 is 0 Å². The summed E-state index contributed by atoms with van der Waals surface area (Å²) in [7, 11) is 0. The van der Waals surface area contributed by atoms with Crippen LogP contribution in [0, 0.1) is 0 Å². The fourth-order valence-corrected chi connectivity index (χ4v) is 9.00. The number of benzene rings is 7. The summed E-state index contributed by atoms with van der Waals surface area (Å²) in [5.41, 5.74) is 14.4. The number of fused-ring (bicyclic) bond motifs is 2. The molecule has 0 radical (unpaired) electrons. The number of hydrogen-bond acceptors (Lipinski definition) is 2. The lowest BCUT2D eigenvalue weighted by atomic mass is 9.94. The molecule has 1 aromatic heterocycles. The first-order chi connectivity index (χ1) is 27.6. The summed E-state index contributed by atoms with van der Waals surface area (Å²) in [6.45, 7) is 8.67. The van der Waals surface area contributed by atoms with Gasteiger partial charge in [-0.25, -0.2) is 0 Å². The molecule has 8 aromatic rings. The highest BCUT2D eigenvalue weighted by atomic mass is 32.1. The lowest BCUT2D eigenvalue weighted by molar-refractivity contribution is 1.18. The molecule has 0 N–H and O–H groups in total. The molecule has 0 saturated carbocycles. The highest BCUT2D eigenvalue weighted by Crippen LogP contribution is 2.46. The van der Waals surface area contributed by atoms with E-state index in [0.29, 0.717) is 0 Å². The molecule has 1 heterocycles. The monoisotopic (exact) mass is 741 g/mol. The topological polar surface area (TPSA) is 3.24 Å². The first kappa shape index (κ1) is 36.7. The van der Waals surface area contributed by atoms with E-state index in [1.165, 1.54) is 75.8 Å². The number of anilines is 3. The summed E-state index contributed by atoms with van der Waals surface area (Å²) in [5, 5.41) is 3.79. The summed E-state index contributed by atoms with van der Waals surface area (Å²) >= 11 is 1.92. The first-order valence-electron chi connectivity index (χ1n) is 19.8. The molecule has 0 bridgehead atoms. The standard InChI is InChI=1S/C54H47NS/c1-5-9-17-38(7-3)44-21-15-22-47(36-44)55(46-32-28-42(29-33-46)41-26-24-40(25-27-41)39-18-11-10-12-19-39)51-35-31-43-20-13-14-23-48(43)54(51)45-30-34-50-49(16-6-2)52(8-4)56-53(50)37-45/h6-7,9-37H,5,8H2,1-4H3/b16-6-,17-9-,38-7+. The fraction of sp³-hybridized carbons (Fsp3) is 0.111. The van der Waals surface area contributed by atoms with Gasteiger partial charge in [-0.2, -0.15) is 0 Å². The van der Waals surface area contributed by atoms with E-state index in [-0.39, 0.29) is 0 Å². The number of thiophene rings is 1. The highest BCUT2D eigenvalue weighted by Gasteiger charge is 2.21. The molecule has 56 heavy (non-hydrogen) atoms. The Morgan fingerprint density at radius 3 is 1.96 bits per heavy atom. The zero-order valence-electron chi connectivity index (χ0n) is 32.7. The maximum Gasteiger partial charge on any atom is 0.0546 e. The Hall–Kier alpha value is -6.22. The van der Waals surface area contributed by atoms with Crippen LogP contribution in [-0.4, -0.2) is 0 Å². The maximum atomic E-state index is 2.45. The van der Waals surface area contributed by atoms with E-state index >= 15 is 0 Å². The number of allylic oxidation sites excluding steroid dienone is 5. The molecule has 0 spiro atoms. The smallest absolute Gasteiger partial charge is 0.0546 e. The maximum absolute atomic E-state index is 2.45. The first-order valence-corrected chi connectivity index (χ1v) is 20.6. The van der Waals surface area contributed by atoms with E-state index in [9.17, 15) is 0 Å². The Balaban J connectivity index is 1.31. The molecule has 8 rings (SSSR count). The Morgan fingerprint density at radius 1 is 0.589 bits per heavy atom. The van der Waals surface area contributed by atoms with Gasteiger partial charge < -0.3 is 4.90 Å². The summed E-state index contributed by atoms with van der Waals surface area (Å²) in [5.74, 6) is 0. The van der Waals surface area contributed by atoms with E-state index in [1.807, 2.05) is 11.3 Å². The summed E-state index contributed by atoms with van der Waals surface area (Å²) in [6.07, 6.45) is 13.1. The van der Waals surface area contributed by atoms with Gasteiger partial charge in [0.15, 0.2) is 0 Å². The summed E-state index contributed by atoms with van der Waals surface area (Å²) in [4.78, 5) is 3.88. The van der Waals surface area contributed by atoms with Gasteiger partial charge in [0.2, 0.25) is 0 Å². The lowest BCUT2D eigenvalue weighted by Gasteiger charge is -2.29. The SMILES string of the molecule is C/C=C\c1c(CC)sc2cc(-c3c(N(c4ccc(-c5ccc(-c6ccccc6)cc5)cc4)c4cccc(C(/C=C\CC)=C/C)c4)ccc4ccccc34)ccc12. The van der Waals surface area contributed by atoms with E-state index in [1.54, 1.807) is 0 Å². The molecule has 0 atom stereocenters. The van der Waals surface area contributed by atoms with Gasteiger partial charge >= 0.3 is 0 Å². The number of hydrogen-bond donors (Lipinski definition) is 0. The normalized spacial score (nSPS) is 12.0. The molecule has 0 fully saturated rings.